The van der Waals surface area contributed by atoms with Crippen LogP contribution in [0.15, 0.2) is 24.3 Å². The Balaban J connectivity index is 2.18. The lowest BCUT2D eigenvalue weighted by molar-refractivity contribution is 0.112. The van der Waals surface area contributed by atoms with E-state index in [-0.39, 0.29) is 0 Å². The van der Waals surface area contributed by atoms with Crippen LogP contribution in [0.2, 0.25) is 0 Å². The van der Waals surface area contributed by atoms with Crippen molar-refractivity contribution in [2.45, 2.75) is 19.8 Å². The molecule has 0 atom stereocenters. The molecule has 0 aliphatic carbocycles. The van der Waals surface area contributed by atoms with Crippen molar-refractivity contribution < 1.29 is 4.79 Å². The van der Waals surface area contributed by atoms with Crippen LogP contribution in [0.25, 0.3) is 0 Å². The van der Waals surface area contributed by atoms with Crippen LogP contribution in [0.5, 0.6) is 0 Å². The van der Waals surface area contributed by atoms with E-state index in [9.17, 15) is 4.79 Å². The molecule has 0 aromatic heterocycles. The van der Waals surface area contributed by atoms with Gasteiger partial charge in [0, 0.05) is 24.3 Å². The van der Waals surface area contributed by atoms with Crippen molar-refractivity contribution in [2.75, 3.05) is 18.0 Å². The van der Waals surface area contributed by atoms with Gasteiger partial charge in [0.15, 0.2) is 6.29 Å². The van der Waals surface area contributed by atoms with Gasteiger partial charge < -0.3 is 4.90 Å². The van der Waals surface area contributed by atoms with Gasteiger partial charge in [0.1, 0.15) is 0 Å². The predicted molar refractivity (Wildman–Crippen MR) is 62.4 cm³/mol. The molecule has 0 spiro atoms. The van der Waals surface area contributed by atoms with Crippen LogP contribution < -0.4 is 4.90 Å². The normalized spacial score (nSPS) is 17.8. The average molecular weight is 203 g/mol. The number of anilines is 1. The molecule has 0 bridgehead atoms. The van der Waals surface area contributed by atoms with E-state index in [1.165, 1.54) is 12.8 Å². The zero-order valence-electron chi connectivity index (χ0n) is 9.15. The summed E-state index contributed by atoms with van der Waals surface area (Å²) in [6.07, 6.45) is 3.41. The van der Waals surface area contributed by atoms with Crippen LogP contribution in [0.3, 0.4) is 0 Å². The van der Waals surface area contributed by atoms with Crippen LogP contribution in [0.1, 0.15) is 30.1 Å². The second-order valence-corrected chi connectivity index (χ2v) is 4.35. The summed E-state index contributed by atoms with van der Waals surface area (Å²) in [6.45, 7) is 4.45. The molecule has 1 aliphatic heterocycles. The maximum absolute atomic E-state index is 10.9. The Morgan fingerprint density at radius 2 is 1.93 bits per heavy atom. The molecule has 0 radical (unpaired) electrons. The van der Waals surface area contributed by atoms with Crippen molar-refractivity contribution in [3.63, 3.8) is 0 Å². The topological polar surface area (TPSA) is 20.3 Å². The molecule has 80 valence electrons. The first-order valence-corrected chi connectivity index (χ1v) is 5.60. The molecular formula is C13H17NO. The molecular weight excluding hydrogens is 186 g/mol. The van der Waals surface area contributed by atoms with Gasteiger partial charge in [-0.05, 0) is 30.9 Å². The number of nitrogens with zero attached hydrogens (tertiary/aromatic N) is 1. The molecule has 1 aromatic rings. The number of carbonyl (C=O) groups excluding carboxylic acids is 1. The summed E-state index contributed by atoms with van der Waals surface area (Å²) >= 11 is 0. The van der Waals surface area contributed by atoms with Gasteiger partial charge in [-0.25, -0.2) is 0 Å². The van der Waals surface area contributed by atoms with Crippen LogP contribution in [0.4, 0.5) is 5.69 Å². The number of benzene rings is 1. The lowest BCUT2D eigenvalue weighted by Gasteiger charge is -2.32. The molecule has 0 unspecified atom stereocenters. The van der Waals surface area contributed by atoms with E-state index in [2.05, 4.69) is 11.8 Å². The first-order valence-electron chi connectivity index (χ1n) is 5.60. The Morgan fingerprint density at radius 3 is 2.60 bits per heavy atom. The van der Waals surface area contributed by atoms with E-state index in [1.54, 1.807) is 0 Å². The molecule has 0 amide bonds. The van der Waals surface area contributed by atoms with E-state index in [4.69, 9.17) is 0 Å². The van der Waals surface area contributed by atoms with Crippen LogP contribution in [0, 0.1) is 5.92 Å². The molecule has 1 aromatic carbocycles. The summed E-state index contributed by atoms with van der Waals surface area (Å²) in [5.74, 6) is 0.824. The molecule has 2 heteroatoms. The number of carbonyl (C=O) groups is 1. The molecule has 2 nitrogen and oxygen atoms in total. The highest BCUT2D eigenvalue weighted by molar-refractivity contribution is 5.84. The minimum atomic E-state index is 0.812. The highest BCUT2D eigenvalue weighted by Crippen LogP contribution is 2.24. The summed E-state index contributed by atoms with van der Waals surface area (Å²) < 4.78 is 0. The Labute approximate surface area is 90.9 Å². The van der Waals surface area contributed by atoms with Crippen molar-refractivity contribution in [3.05, 3.63) is 29.8 Å². The fraction of sp³-hybridized carbons (Fsp3) is 0.462. The molecule has 2 rings (SSSR count). The van der Waals surface area contributed by atoms with E-state index < -0.39 is 0 Å². The second kappa shape index (κ2) is 4.47. The fourth-order valence-corrected chi connectivity index (χ4v) is 2.12. The van der Waals surface area contributed by atoms with Crippen LogP contribution in [-0.4, -0.2) is 19.4 Å². The number of aldehydes is 1. The Morgan fingerprint density at radius 1 is 1.27 bits per heavy atom. The maximum Gasteiger partial charge on any atom is 0.152 e. The molecule has 0 saturated carbocycles. The first-order chi connectivity index (χ1) is 7.31. The molecule has 1 aliphatic rings. The molecule has 1 fully saturated rings. The van der Waals surface area contributed by atoms with Gasteiger partial charge in [-0.1, -0.05) is 19.1 Å². The lowest BCUT2D eigenvalue weighted by atomic mass is 9.98. The number of para-hydroxylation sites is 1. The Hall–Kier alpha value is -1.31. The lowest BCUT2D eigenvalue weighted by Crippen LogP contribution is -2.33. The second-order valence-electron chi connectivity index (χ2n) is 4.35. The summed E-state index contributed by atoms with van der Waals surface area (Å²) in [5, 5.41) is 0. The number of hydrogen-bond donors (Lipinski definition) is 0. The monoisotopic (exact) mass is 203 g/mol. The molecule has 1 saturated heterocycles. The Kier molecular flexibility index (Phi) is 3.05. The van der Waals surface area contributed by atoms with Crippen molar-refractivity contribution in [1.82, 2.24) is 0 Å². The minimum absolute atomic E-state index is 0.812. The predicted octanol–water partition coefficient (Wildman–Crippen LogP) is 2.74. The average Bonchev–Trinajstić information content (AvgIpc) is 2.30. The van der Waals surface area contributed by atoms with E-state index in [1.807, 2.05) is 24.3 Å². The largest absolute Gasteiger partial charge is 0.371 e. The maximum atomic E-state index is 10.9. The van der Waals surface area contributed by atoms with Gasteiger partial charge in [0.2, 0.25) is 0 Å². The number of hydrogen-bond acceptors (Lipinski definition) is 2. The number of piperidine rings is 1. The van der Waals surface area contributed by atoms with Gasteiger partial charge in [0.05, 0.1) is 0 Å². The fourth-order valence-electron chi connectivity index (χ4n) is 2.12. The van der Waals surface area contributed by atoms with E-state index >= 15 is 0 Å². The third-order valence-electron chi connectivity index (χ3n) is 3.19. The van der Waals surface area contributed by atoms with E-state index in [0.717, 1.165) is 36.5 Å². The number of rotatable bonds is 2. The van der Waals surface area contributed by atoms with Crippen molar-refractivity contribution in [1.29, 1.82) is 0 Å². The van der Waals surface area contributed by atoms with Gasteiger partial charge in [0.25, 0.3) is 0 Å². The highest BCUT2D eigenvalue weighted by atomic mass is 16.1. The van der Waals surface area contributed by atoms with Crippen LogP contribution >= 0.6 is 0 Å². The molecule has 1 heterocycles. The van der Waals surface area contributed by atoms with Gasteiger partial charge in [-0.2, -0.15) is 0 Å². The highest BCUT2D eigenvalue weighted by Gasteiger charge is 2.17. The SMILES string of the molecule is CC1CCN(c2ccccc2C=O)CC1. The van der Waals surface area contributed by atoms with Crippen molar-refractivity contribution in [3.8, 4) is 0 Å². The summed E-state index contributed by atoms with van der Waals surface area (Å²) in [4.78, 5) is 13.2. The zero-order chi connectivity index (χ0) is 10.7. The van der Waals surface area contributed by atoms with Gasteiger partial charge >= 0.3 is 0 Å². The Bertz CT molecular complexity index is 340. The third-order valence-corrected chi connectivity index (χ3v) is 3.19. The zero-order valence-corrected chi connectivity index (χ0v) is 9.15. The minimum Gasteiger partial charge on any atom is -0.371 e. The third kappa shape index (κ3) is 2.20. The smallest absolute Gasteiger partial charge is 0.152 e. The summed E-state index contributed by atoms with van der Waals surface area (Å²) in [7, 11) is 0. The first kappa shape index (κ1) is 10.2. The molecule has 15 heavy (non-hydrogen) atoms. The van der Waals surface area contributed by atoms with Crippen molar-refractivity contribution >= 4 is 12.0 Å². The van der Waals surface area contributed by atoms with E-state index in [0.29, 0.717) is 0 Å². The van der Waals surface area contributed by atoms with Crippen molar-refractivity contribution in [2.24, 2.45) is 5.92 Å². The summed E-state index contributed by atoms with van der Waals surface area (Å²) in [6, 6.07) is 7.85. The standard InChI is InChI=1S/C13H17NO/c1-11-6-8-14(9-7-11)13-5-3-2-4-12(13)10-15/h2-5,10-11H,6-9H2,1H3. The summed E-state index contributed by atoms with van der Waals surface area (Å²) in [5.41, 5.74) is 1.91. The molecule has 0 N–H and O–H groups in total. The van der Waals surface area contributed by atoms with Gasteiger partial charge in [-0.15, -0.1) is 0 Å². The van der Waals surface area contributed by atoms with Crippen LogP contribution in [-0.2, 0) is 0 Å². The van der Waals surface area contributed by atoms with Gasteiger partial charge in [-0.3, -0.25) is 4.79 Å². The quantitative estimate of drug-likeness (QED) is 0.689.